The molecule has 0 heterocycles. The molecule has 2 aromatic rings. The van der Waals surface area contributed by atoms with Gasteiger partial charge in [-0.15, -0.1) is 11.8 Å². The predicted molar refractivity (Wildman–Crippen MR) is 116 cm³/mol. The molecule has 1 N–H and O–H groups in total. The predicted octanol–water partition coefficient (Wildman–Crippen LogP) is 6.03. The zero-order chi connectivity index (χ0) is 20.8. The fourth-order valence-electron chi connectivity index (χ4n) is 3.06. The number of rotatable bonds is 8. The van der Waals surface area contributed by atoms with Crippen LogP contribution in [0.3, 0.4) is 0 Å². The van der Waals surface area contributed by atoms with Gasteiger partial charge >= 0.3 is 0 Å². The molecule has 0 saturated heterocycles. The van der Waals surface area contributed by atoms with Gasteiger partial charge in [0.25, 0.3) is 0 Å². The van der Waals surface area contributed by atoms with Crippen molar-refractivity contribution in [1.29, 1.82) is 0 Å². The molecule has 0 unspecified atom stereocenters. The summed E-state index contributed by atoms with van der Waals surface area (Å²) in [6.07, 6.45) is 0. The Labute approximate surface area is 176 Å². The van der Waals surface area contributed by atoms with Gasteiger partial charge in [0.2, 0.25) is 5.91 Å². The fraction of sp³-hybridized carbons (Fsp3) is 0.409. The molecule has 152 valence electrons. The van der Waals surface area contributed by atoms with E-state index in [4.69, 9.17) is 16.3 Å². The van der Waals surface area contributed by atoms with Crippen LogP contribution in [0.2, 0.25) is 5.02 Å². The number of nitrogens with one attached hydrogen (secondary N) is 1. The van der Waals surface area contributed by atoms with Gasteiger partial charge in [0.15, 0.2) is 0 Å². The molecule has 1 atom stereocenters. The van der Waals surface area contributed by atoms with Crippen LogP contribution in [0.1, 0.15) is 55.0 Å². The molecule has 2 aromatic carbocycles. The Balaban J connectivity index is 1.97. The van der Waals surface area contributed by atoms with Gasteiger partial charge in [0.1, 0.15) is 11.6 Å². The van der Waals surface area contributed by atoms with E-state index in [0.29, 0.717) is 22.3 Å². The Hall–Kier alpha value is -1.72. The number of benzene rings is 2. The van der Waals surface area contributed by atoms with Crippen molar-refractivity contribution in [2.75, 3.05) is 12.9 Å². The minimum absolute atomic E-state index is 0.0758. The van der Waals surface area contributed by atoms with Gasteiger partial charge in [0.05, 0.1) is 18.9 Å². The van der Waals surface area contributed by atoms with Crippen molar-refractivity contribution >= 4 is 29.3 Å². The Morgan fingerprint density at radius 2 is 1.93 bits per heavy atom. The van der Waals surface area contributed by atoms with Crippen LogP contribution >= 0.6 is 23.4 Å². The van der Waals surface area contributed by atoms with E-state index < -0.39 is 0 Å². The normalized spacial score (nSPS) is 12.1. The van der Waals surface area contributed by atoms with Crippen LogP contribution in [-0.2, 0) is 10.5 Å². The zero-order valence-electron chi connectivity index (χ0n) is 16.9. The van der Waals surface area contributed by atoms with Gasteiger partial charge in [-0.1, -0.05) is 31.5 Å². The largest absolute Gasteiger partial charge is 0.496 e. The standard InChI is InChI=1S/C22H27ClFNO2S/c1-13(2)18-10-19(14(3)8-21(18)27-5)15(4)25-22(26)12-28-11-16-6-7-17(23)9-20(16)24/h6-10,13,15H,11-12H2,1-5H3,(H,25,26)/t15-/m0/s1. The van der Waals surface area contributed by atoms with Crippen molar-refractivity contribution in [3.05, 3.63) is 63.4 Å². The number of aryl methyl sites for hydroxylation is 1. The van der Waals surface area contributed by atoms with E-state index in [1.165, 1.54) is 17.8 Å². The number of hydrogen-bond donors (Lipinski definition) is 1. The Bertz CT molecular complexity index is 842. The molecule has 0 bridgehead atoms. The van der Waals surface area contributed by atoms with Gasteiger partial charge in [-0.3, -0.25) is 4.79 Å². The third-order valence-corrected chi connectivity index (χ3v) is 5.81. The van der Waals surface area contributed by atoms with E-state index in [9.17, 15) is 9.18 Å². The van der Waals surface area contributed by atoms with E-state index in [1.54, 1.807) is 19.2 Å². The maximum Gasteiger partial charge on any atom is 0.230 e. The lowest BCUT2D eigenvalue weighted by molar-refractivity contribution is -0.119. The van der Waals surface area contributed by atoms with Crippen LogP contribution in [0.15, 0.2) is 30.3 Å². The third kappa shape index (κ3) is 5.89. The molecule has 0 aromatic heterocycles. The summed E-state index contributed by atoms with van der Waals surface area (Å²) in [5, 5.41) is 3.40. The minimum Gasteiger partial charge on any atom is -0.496 e. The monoisotopic (exact) mass is 423 g/mol. The summed E-state index contributed by atoms with van der Waals surface area (Å²) < 4.78 is 19.3. The van der Waals surface area contributed by atoms with Crippen molar-refractivity contribution in [1.82, 2.24) is 5.32 Å². The molecule has 0 aliphatic heterocycles. The Morgan fingerprint density at radius 3 is 2.54 bits per heavy atom. The fourth-order valence-corrected chi connectivity index (χ4v) is 4.05. The molecule has 0 radical (unpaired) electrons. The summed E-state index contributed by atoms with van der Waals surface area (Å²) in [5.74, 6) is 1.46. The highest BCUT2D eigenvalue weighted by Gasteiger charge is 2.17. The average Bonchev–Trinajstić information content (AvgIpc) is 2.62. The molecular weight excluding hydrogens is 397 g/mol. The van der Waals surface area contributed by atoms with Crippen LogP contribution in [0.25, 0.3) is 0 Å². The van der Waals surface area contributed by atoms with Gasteiger partial charge < -0.3 is 10.1 Å². The topological polar surface area (TPSA) is 38.3 Å². The number of hydrogen-bond acceptors (Lipinski definition) is 3. The van der Waals surface area contributed by atoms with Crippen LogP contribution in [-0.4, -0.2) is 18.8 Å². The second-order valence-corrected chi connectivity index (χ2v) is 8.55. The van der Waals surface area contributed by atoms with Crippen molar-refractivity contribution < 1.29 is 13.9 Å². The smallest absolute Gasteiger partial charge is 0.230 e. The summed E-state index contributed by atoms with van der Waals surface area (Å²) in [6, 6.07) is 8.61. The SMILES string of the molecule is COc1cc(C)c([C@H](C)NC(=O)CSCc2ccc(Cl)cc2F)cc1C(C)C. The van der Waals surface area contributed by atoms with E-state index in [0.717, 1.165) is 22.4 Å². The van der Waals surface area contributed by atoms with E-state index >= 15 is 0 Å². The summed E-state index contributed by atoms with van der Waals surface area (Å²) in [5.41, 5.74) is 3.82. The van der Waals surface area contributed by atoms with Crippen LogP contribution in [0.4, 0.5) is 4.39 Å². The van der Waals surface area contributed by atoms with Gasteiger partial charge in [-0.05, 0) is 66.3 Å². The third-order valence-electron chi connectivity index (χ3n) is 4.59. The molecule has 0 spiro atoms. The maximum atomic E-state index is 13.8. The number of carbonyl (C=O) groups excluding carboxylic acids is 1. The summed E-state index contributed by atoms with van der Waals surface area (Å²) in [6.45, 7) is 8.22. The van der Waals surface area contributed by atoms with Crippen LogP contribution in [0, 0.1) is 12.7 Å². The molecule has 0 saturated carbocycles. The van der Waals surface area contributed by atoms with Crippen molar-refractivity contribution in [3.8, 4) is 5.75 Å². The first-order valence-corrected chi connectivity index (χ1v) is 10.8. The van der Waals surface area contributed by atoms with Gasteiger partial charge in [0, 0.05) is 10.8 Å². The van der Waals surface area contributed by atoms with Crippen molar-refractivity contribution in [2.45, 2.75) is 45.4 Å². The minimum atomic E-state index is -0.344. The molecule has 3 nitrogen and oxygen atoms in total. The molecule has 0 aliphatic carbocycles. The Kier molecular flexibility index (Phi) is 8.20. The quantitative estimate of drug-likeness (QED) is 0.563. The lowest BCUT2D eigenvalue weighted by atomic mass is 9.93. The zero-order valence-corrected chi connectivity index (χ0v) is 18.5. The van der Waals surface area contributed by atoms with E-state index in [2.05, 4.69) is 25.2 Å². The summed E-state index contributed by atoms with van der Waals surface area (Å²) in [7, 11) is 1.67. The highest BCUT2D eigenvalue weighted by atomic mass is 35.5. The molecule has 2 rings (SSSR count). The molecule has 28 heavy (non-hydrogen) atoms. The van der Waals surface area contributed by atoms with E-state index in [1.807, 2.05) is 19.9 Å². The second-order valence-electron chi connectivity index (χ2n) is 7.12. The number of ether oxygens (including phenoxy) is 1. The average molecular weight is 424 g/mol. The number of thioether (sulfide) groups is 1. The van der Waals surface area contributed by atoms with E-state index in [-0.39, 0.29) is 23.5 Å². The molecule has 6 heteroatoms. The number of carbonyl (C=O) groups is 1. The lowest BCUT2D eigenvalue weighted by Crippen LogP contribution is -2.28. The van der Waals surface area contributed by atoms with Gasteiger partial charge in [-0.2, -0.15) is 0 Å². The molecule has 0 fully saturated rings. The Morgan fingerprint density at radius 1 is 1.21 bits per heavy atom. The number of amides is 1. The molecule has 1 amide bonds. The van der Waals surface area contributed by atoms with Crippen LogP contribution < -0.4 is 10.1 Å². The highest BCUT2D eigenvalue weighted by Crippen LogP contribution is 2.32. The number of methoxy groups -OCH3 is 1. The van der Waals surface area contributed by atoms with Gasteiger partial charge in [-0.25, -0.2) is 4.39 Å². The second kappa shape index (κ2) is 10.2. The molecule has 0 aliphatic rings. The highest BCUT2D eigenvalue weighted by molar-refractivity contribution is 7.99. The summed E-state index contributed by atoms with van der Waals surface area (Å²) >= 11 is 7.14. The summed E-state index contributed by atoms with van der Waals surface area (Å²) in [4.78, 5) is 12.3. The van der Waals surface area contributed by atoms with Crippen LogP contribution in [0.5, 0.6) is 5.75 Å². The first-order valence-electron chi connectivity index (χ1n) is 9.22. The van der Waals surface area contributed by atoms with Crippen molar-refractivity contribution in [3.63, 3.8) is 0 Å². The first kappa shape index (κ1) is 22.6. The number of halogens is 2. The van der Waals surface area contributed by atoms with Crippen molar-refractivity contribution in [2.24, 2.45) is 0 Å². The first-order chi connectivity index (χ1) is 13.2. The lowest BCUT2D eigenvalue weighted by Gasteiger charge is -2.21. The maximum absolute atomic E-state index is 13.8. The molecular formula is C22H27ClFNO2S.